The monoisotopic (exact) mass is 416 g/mol. The molecule has 11 heteroatoms. The first-order valence-electron chi connectivity index (χ1n) is 7.68. The molecule has 0 bridgehead atoms. The molecule has 27 heavy (non-hydrogen) atoms. The smallest absolute Gasteiger partial charge is 0.350 e. The zero-order valence-corrected chi connectivity index (χ0v) is 16.4. The minimum Gasteiger partial charge on any atom is -0.497 e. The van der Waals surface area contributed by atoms with Gasteiger partial charge < -0.3 is 9.47 Å². The van der Waals surface area contributed by atoms with E-state index in [0.717, 1.165) is 5.56 Å². The lowest BCUT2D eigenvalue weighted by molar-refractivity contribution is 0.0456. The van der Waals surface area contributed by atoms with Crippen molar-refractivity contribution in [2.45, 2.75) is 11.3 Å². The van der Waals surface area contributed by atoms with Crippen LogP contribution >= 0.6 is 0 Å². The molecule has 0 amide bonds. The largest absolute Gasteiger partial charge is 0.497 e. The van der Waals surface area contributed by atoms with E-state index >= 15 is 0 Å². The minimum atomic E-state index is -4.54. The third-order valence-corrected chi connectivity index (χ3v) is 5.70. The Morgan fingerprint density at radius 1 is 0.852 bits per heavy atom. The summed E-state index contributed by atoms with van der Waals surface area (Å²) in [7, 11) is -5.85. The van der Waals surface area contributed by atoms with Crippen LogP contribution in [0.3, 0.4) is 0 Å². The molecule has 0 saturated carbocycles. The van der Waals surface area contributed by atoms with Crippen molar-refractivity contribution in [3.8, 4) is 11.5 Å². The molecule has 0 saturated heterocycles. The quantitative estimate of drug-likeness (QED) is 0.606. The first-order valence-corrected chi connectivity index (χ1v) is 10.6. The van der Waals surface area contributed by atoms with E-state index < -0.39 is 20.3 Å². The molecule has 0 fully saturated rings. The topological polar surface area (TPSA) is 125 Å². The lowest BCUT2D eigenvalue weighted by Gasteiger charge is -2.20. The van der Waals surface area contributed by atoms with E-state index in [1.54, 1.807) is 24.3 Å². The highest BCUT2D eigenvalue weighted by molar-refractivity contribution is 7.90. The second-order valence-electron chi connectivity index (χ2n) is 5.37. The Hall–Kier alpha value is -2.18. The van der Waals surface area contributed by atoms with E-state index in [-0.39, 0.29) is 17.9 Å². The number of ether oxygens (including phenoxy) is 2. The molecule has 0 aliphatic heterocycles. The maximum atomic E-state index is 12.8. The highest BCUT2D eigenvalue weighted by Gasteiger charge is 2.29. The van der Waals surface area contributed by atoms with E-state index in [4.69, 9.17) is 14.6 Å². The fourth-order valence-electron chi connectivity index (χ4n) is 2.19. The standard InChI is InChI=1S/C16H20N2O7S2/c1-23-14-5-3-13(4-6-14)11-12-18(25-27(17,21)22)26(19,20)16-9-7-15(24-2)8-10-16/h3-10H,11-12H2,1-2H3,(H2,17,21,22). The van der Waals surface area contributed by atoms with Gasteiger partial charge in [-0.15, -0.1) is 4.28 Å². The lowest BCUT2D eigenvalue weighted by atomic mass is 10.1. The maximum Gasteiger partial charge on any atom is 0.350 e. The van der Waals surface area contributed by atoms with Crippen LogP contribution in [-0.4, -0.2) is 42.1 Å². The number of hydroxylamine groups is 1. The Labute approximate surface area is 158 Å². The van der Waals surface area contributed by atoms with Gasteiger partial charge in [0.05, 0.1) is 19.1 Å². The maximum absolute atomic E-state index is 12.8. The van der Waals surface area contributed by atoms with Gasteiger partial charge in [0.15, 0.2) is 0 Å². The molecule has 0 spiro atoms. The number of sulfonamides is 1. The Bertz CT molecular complexity index is 957. The summed E-state index contributed by atoms with van der Waals surface area (Å²) in [6.45, 7) is -0.267. The predicted molar refractivity (Wildman–Crippen MR) is 97.8 cm³/mol. The molecule has 0 radical (unpaired) electrons. The molecule has 2 N–H and O–H groups in total. The molecule has 0 unspecified atom stereocenters. The van der Waals surface area contributed by atoms with Gasteiger partial charge in [-0.05, 0) is 48.4 Å². The van der Waals surface area contributed by atoms with Crippen LogP contribution in [0.25, 0.3) is 0 Å². The molecule has 0 aliphatic carbocycles. The van der Waals surface area contributed by atoms with Crippen molar-refractivity contribution in [3.05, 3.63) is 54.1 Å². The summed E-state index contributed by atoms with van der Waals surface area (Å²) in [6.07, 6.45) is 0.189. The molecule has 2 aromatic carbocycles. The summed E-state index contributed by atoms with van der Waals surface area (Å²) in [5, 5.41) is 4.87. The van der Waals surface area contributed by atoms with Crippen molar-refractivity contribution in [2.24, 2.45) is 5.14 Å². The van der Waals surface area contributed by atoms with E-state index in [1.807, 2.05) is 0 Å². The van der Waals surface area contributed by atoms with Crippen molar-refractivity contribution in [1.29, 1.82) is 0 Å². The van der Waals surface area contributed by atoms with Crippen LogP contribution in [0.5, 0.6) is 11.5 Å². The van der Waals surface area contributed by atoms with E-state index in [1.165, 1.54) is 38.5 Å². The number of methoxy groups -OCH3 is 2. The normalized spacial score (nSPS) is 12.1. The molecular weight excluding hydrogens is 396 g/mol. The average molecular weight is 416 g/mol. The summed E-state index contributed by atoms with van der Waals surface area (Å²) in [5.74, 6) is 1.09. The molecule has 9 nitrogen and oxygen atoms in total. The van der Waals surface area contributed by atoms with Crippen molar-refractivity contribution in [1.82, 2.24) is 4.47 Å². The zero-order chi connectivity index (χ0) is 20.1. The molecule has 148 valence electrons. The van der Waals surface area contributed by atoms with Gasteiger partial charge in [0, 0.05) is 6.54 Å². The fraction of sp³-hybridized carbons (Fsp3) is 0.250. The Balaban J connectivity index is 2.26. The predicted octanol–water partition coefficient (Wildman–Crippen LogP) is 1.07. The van der Waals surface area contributed by atoms with Gasteiger partial charge >= 0.3 is 10.3 Å². The number of benzene rings is 2. The summed E-state index contributed by atoms with van der Waals surface area (Å²) >= 11 is 0. The van der Waals surface area contributed by atoms with Gasteiger partial charge in [0.1, 0.15) is 11.5 Å². The Kier molecular flexibility index (Phi) is 6.78. The number of rotatable bonds is 9. The summed E-state index contributed by atoms with van der Waals surface area (Å²) in [6, 6.07) is 12.3. The van der Waals surface area contributed by atoms with Crippen LogP contribution in [0, 0.1) is 0 Å². The third-order valence-electron chi connectivity index (χ3n) is 3.55. The van der Waals surface area contributed by atoms with Crippen LogP contribution in [0.15, 0.2) is 53.4 Å². The molecule has 0 aliphatic rings. The van der Waals surface area contributed by atoms with Crippen molar-refractivity contribution in [2.75, 3.05) is 20.8 Å². The first-order chi connectivity index (χ1) is 12.7. The number of nitrogens with zero attached hydrogens (tertiary/aromatic N) is 1. The zero-order valence-electron chi connectivity index (χ0n) is 14.7. The second kappa shape index (κ2) is 8.67. The van der Waals surface area contributed by atoms with Gasteiger partial charge in [-0.3, -0.25) is 0 Å². The average Bonchev–Trinajstić information content (AvgIpc) is 2.64. The molecule has 2 rings (SSSR count). The van der Waals surface area contributed by atoms with Crippen LogP contribution < -0.4 is 14.6 Å². The first kappa shape index (κ1) is 21.1. The summed E-state index contributed by atoms with van der Waals surface area (Å²) in [4.78, 5) is -0.165. The molecule has 0 heterocycles. The van der Waals surface area contributed by atoms with Gasteiger partial charge in [-0.25, -0.2) is 13.6 Å². The number of hydrogen-bond acceptors (Lipinski definition) is 7. The Morgan fingerprint density at radius 3 is 1.78 bits per heavy atom. The minimum absolute atomic E-state index is 0.165. The summed E-state index contributed by atoms with van der Waals surface area (Å²) in [5.41, 5.74) is 0.753. The SMILES string of the molecule is COc1ccc(CCN(OS(N)(=O)=O)S(=O)(=O)c2ccc(OC)cc2)cc1. The van der Waals surface area contributed by atoms with Gasteiger partial charge in [-0.2, -0.15) is 8.42 Å². The van der Waals surface area contributed by atoms with Gasteiger partial charge in [0.25, 0.3) is 10.0 Å². The number of nitrogens with two attached hydrogens (primary N) is 1. The summed E-state index contributed by atoms with van der Waals surface area (Å²) < 4.78 is 63.1. The van der Waals surface area contributed by atoms with Gasteiger partial charge in [0.2, 0.25) is 0 Å². The van der Waals surface area contributed by atoms with Crippen molar-refractivity contribution in [3.63, 3.8) is 0 Å². The van der Waals surface area contributed by atoms with Crippen LogP contribution in [0.2, 0.25) is 0 Å². The van der Waals surface area contributed by atoms with Crippen molar-refractivity contribution < 1.29 is 30.6 Å². The van der Waals surface area contributed by atoms with Crippen LogP contribution in [0.4, 0.5) is 0 Å². The number of hydrogen-bond donors (Lipinski definition) is 1. The highest BCUT2D eigenvalue weighted by atomic mass is 32.2. The molecule has 2 aromatic rings. The second-order valence-corrected chi connectivity index (χ2v) is 8.34. The van der Waals surface area contributed by atoms with E-state index in [2.05, 4.69) is 4.28 Å². The lowest BCUT2D eigenvalue weighted by Crippen LogP contribution is -2.37. The van der Waals surface area contributed by atoms with Crippen LogP contribution in [0.1, 0.15) is 5.56 Å². The van der Waals surface area contributed by atoms with Crippen molar-refractivity contribution >= 4 is 20.3 Å². The molecule has 0 atom stereocenters. The molecule has 0 aromatic heterocycles. The van der Waals surface area contributed by atoms with Crippen LogP contribution in [-0.2, 0) is 31.0 Å². The highest BCUT2D eigenvalue weighted by Crippen LogP contribution is 2.21. The van der Waals surface area contributed by atoms with E-state index in [0.29, 0.717) is 16.0 Å². The Morgan fingerprint density at radius 2 is 1.33 bits per heavy atom. The fourth-order valence-corrected chi connectivity index (χ4v) is 4.12. The third kappa shape index (κ3) is 5.91. The molecular formula is C16H20N2O7S2. The van der Waals surface area contributed by atoms with Gasteiger partial charge in [-0.1, -0.05) is 16.6 Å². The van der Waals surface area contributed by atoms with E-state index in [9.17, 15) is 16.8 Å².